The molecule has 0 saturated carbocycles. The first-order chi connectivity index (χ1) is 8.24. The number of nitrogens with one attached hydrogen (secondary N) is 1. The van der Waals surface area contributed by atoms with Gasteiger partial charge in [-0.1, -0.05) is 35.3 Å². The van der Waals surface area contributed by atoms with Gasteiger partial charge < -0.3 is 0 Å². The van der Waals surface area contributed by atoms with Crippen molar-refractivity contribution in [1.82, 2.24) is 15.4 Å². The van der Waals surface area contributed by atoms with Gasteiger partial charge >= 0.3 is 0 Å². The Morgan fingerprint density at radius 1 is 1.18 bits per heavy atom. The van der Waals surface area contributed by atoms with Crippen LogP contribution in [0.4, 0.5) is 0 Å². The average Bonchev–Trinajstić information content (AvgIpc) is 2.37. The molecule has 4 nitrogen and oxygen atoms in total. The summed E-state index contributed by atoms with van der Waals surface area (Å²) in [6, 6.07) is 5.11. The molecule has 6 heteroatoms. The molecule has 0 spiro atoms. The predicted molar refractivity (Wildman–Crippen MR) is 67.7 cm³/mol. The van der Waals surface area contributed by atoms with Gasteiger partial charge in [0.15, 0.2) is 0 Å². The van der Waals surface area contributed by atoms with Crippen molar-refractivity contribution in [3.8, 4) is 0 Å². The van der Waals surface area contributed by atoms with Crippen LogP contribution in [0.1, 0.15) is 17.2 Å². The summed E-state index contributed by atoms with van der Waals surface area (Å²) in [4.78, 5) is 7.90. The lowest BCUT2D eigenvalue weighted by molar-refractivity contribution is 0.632. The zero-order valence-electron chi connectivity index (χ0n) is 8.77. The van der Waals surface area contributed by atoms with Crippen molar-refractivity contribution >= 4 is 23.2 Å². The van der Waals surface area contributed by atoms with E-state index >= 15 is 0 Å². The van der Waals surface area contributed by atoms with Gasteiger partial charge in [-0.2, -0.15) is 0 Å². The molecular formula is C11H10Cl2N4. The third-order valence-corrected chi connectivity index (χ3v) is 3.21. The van der Waals surface area contributed by atoms with Crippen molar-refractivity contribution in [2.24, 2.45) is 5.84 Å². The predicted octanol–water partition coefficient (Wildman–Crippen LogP) is 2.34. The molecule has 17 heavy (non-hydrogen) atoms. The lowest BCUT2D eigenvalue weighted by Crippen LogP contribution is -2.29. The molecule has 88 valence electrons. The fourth-order valence-corrected chi connectivity index (χ4v) is 1.99. The van der Waals surface area contributed by atoms with Crippen LogP contribution in [0, 0.1) is 0 Å². The maximum absolute atomic E-state index is 6.15. The van der Waals surface area contributed by atoms with Crippen LogP contribution in [0.5, 0.6) is 0 Å². The molecule has 2 aromatic rings. The number of hydrogen-bond donors (Lipinski definition) is 2. The molecule has 1 atom stereocenters. The number of hydrazine groups is 1. The van der Waals surface area contributed by atoms with Crippen LogP contribution in [-0.4, -0.2) is 9.97 Å². The third-order valence-electron chi connectivity index (χ3n) is 2.37. The number of hydrogen-bond acceptors (Lipinski definition) is 4. The Morgan fingerprint density at radius 2 is 1.88 bits per heavy atom. The Hall–Kier alpha value is -1.20. The van der Waals surface area contributed by atoms with Crippen molar-refractivity contribution in [2.75, 3.05) is 0 Å². The molecule has 0 aliphatic heterocycles. The van der Waals surface area contributed by atoms with E-state index in [0.717, 1.165) is 11.1 Å². The van der Waals surface area contributed by atoms with Gasteiger partial charge in [-0.05, 0) is 11.6 Å². The van der Waals surface area contributed by atoms with Gasteiger partial charge in [-0.25, -0.2) is 15.4 Å². The fourth-order valence-electron chi connectivity index (χ4n) is 1.57. The van der Waals surface area contributed by atoms with E-state index in [9.17, 15) is 0 Å². The molecule has 1 heterocycles. The topological polar surface area (TPSA) is 63.8 Å². The quantitative estimate of drug-likeness (QED) is 0.663. The number of rotatable bonds is 3. The molecule has 0 bridgehead atoms. The number of aromatic nitrogens is 2. The molecule has 1 unspecified atom stereocenters. The van der Waals surface area contributed by atoms with E-state index in [0.29, 0.717) is 10.0 Å². The smallest absolute Gasteiger partial charge is 0.115 e. The first-order valence-electron chi connectivity index (χ1n) is 4.89. The highest BCUT2D eigenvalue weighted by Gasteiger charge is 2.17. The summed E-state index contributed by atoms with van der Waals surface area (Å²) >= 11 is 12.1. The second kappa shape index (κ2) is 5.42. The first-order valence-corrected chi connectivity index (χ1v) is 5.64. The Labute approximate surface area is 109 Å². The van der Waals surface area contributed by atoms with E-state index < -0.39 is 0 Å². The summed E-state index contributed by atoms with van der Waals surface area (Å²) in [7, 11) is 0. The summed E-state index contributed by atoms with van der Waals surface area (Å²) in [6.07, 6.45) is 4.81. The molecule has 3 N–H and O–H groups in total. The number of benzene rings is 1. The second-order valence-electron chi connectivity index (χ2n) is 3.41. The van der Waals surface area contributed by atoms with Crippen LogP contribution in [-0.2, 0) is 0 Å². The van der Waals surface area contributed by atoms with Gasteiger partial charge in [0.05, 0.1) is 16.1 Å². The molecule has 0 saturated heterocycles. The first kappa shape index (κ1) is 12.3. The molecule has 0 radical (unpaired) electrons. The van der Waals surface area contributed by atoms with Crippen LogP contribution in [0.3, 0.4) is 0 Å². The van der Waals surface area contributed by atoms with Crippen molar-refractivity contribution in [3.05, 3.63) is 58.1 Å². The van der Waals surface area contributed by atoms with Crippen molar-refractivity contribution in [3.63, 3.8) is 0 Å². The molecule has 2 rings (SSSR count). The zero-order chi connectivity index (χ0) is 12.3. The summed E-state index contributed by atoms with van der Waals surface area (Å²) in [5, 5.41) is 0.960. The fraction of sp³-hybridized carbons (Fsp3) is 0.0909. The monoisotopic (exact) mass is 268 g/mol. The maximum atomic E-state index is 6.15. The highest BCUT2D eigenvalue weighted by Crippen LogP contribution is 2.32. The highest BCUT2D eigenvalue weighted by molar-refractivity contribution is 6.42. The van der Waals surface area contributed by atoms with E-state index in [1.807, 2.05) is 12.1 Å². The standard InChI is InChI=1S/C11H10Cl2N4/c12-9-3-1-2-8(10(9)13)11(17-14)7-4-15-6-16-5-7/h1-6,11,17H,14H2. The van der Waals surface area contributed by atoms with Gasteiger partial charge in [0.25, 0.3) is 0 Å². The van der Waals surface area contributed by atoms with Gasteiger partial charge in [-0.3, -0.25) is 5.84 Å². The largest absolute Gasteiger partial charge is 0.271 e. The number of nitrogens with zero attached hydrogens (tertiary/aromatic N) is 2. The lowest BCUT2D eigenvalue weighted by atomic mass is 10.0. The molecule has 0 aliphatic rings. The molecule has 1 aromatic heterocycles. The zero-order valence-corrected chi connectivity index (χ0v) is 10.3. The van der Waals surface area contributed by atoms with Gasteiger partial charge in [0.2, 0.25) is 0 Å². The summed E-state index contributed by atoms with van der Waals surface area (Å²) in [5.74, 6) is 5.55. The van der Waals surface area contributed by atoms with E-state index in [2.05, 4.69) is 15.4 Å². The van der Waals surface area contributed by atoms with E-state index in [4.69, 9.17) is 29.0 Å². The average molecular weight is 269 g/mol. The van der Waals surface area contributed by atoms with Gasteiger partial charge in [-0.15, -0.1) is 0 Å². The normalized spacial score (nSPS) is 12.4. The molecule has 0 fully saturated rings. The molecule has 0 amide bonds. The Morgan fingerprint density at radius 3 is 2.53 bits per heavy atom. The summed E-state index contributed by atoms with van der Waals surface area (Å²) in [5.41, 5.74) is 4.29. The minimum atomic E-state index is -0.289. The summed E-state index contributed by atoms with van der Waals surface area (Å²) < 4.78 is 0. The molecular weight excluding hydrogens is 259 g/mol. The summed E-state index contributed by atoms with van der Waals surface area (Å²) in [6.45, 7) is 0. The Balaban J connectivity index is 2.46. The van der Waals surface area contributed by atoms with Crippen LogP contribution in [0.25, 0.3) is 0 Å². The van der Waals surface area contributed by atoms with E-state index in [1.54, 1.807) is 18.5 Å². The minimum Gasteiger partial charge on any atom is -0.271 e. The second-order valence-corrected chi connectivity index (χ2v) is 4.20. The van der Waals surface area contributed by atoms with Gasteiger partial charge in [0, 0.05) is 18.0 Å². The highest BCUT2D eigenvalue weighted by atomic mass is 35.5. The van der Waals surface area contributed by atoms with Crippen LogP contribution < -0.4 is 11.3 Å². The van der Waals surface area contributed by atoms with Gasteiger partial charge in [0.1, 0.15) is 6.33 Å². The van der Waals surface area contributed by atoms with E-state index in [-0.39, 0.29) is 6.04 Å². The third kappa shape index (κ3) is 2.56. The van der Waals surface area contributed by atoms with Crippen LogP contribution in [0.2, 0.25) is 10.0 Å². The van der Waals surface area contributed by atoms with Crippen molar-refractivity contribution in [2.45, 2.75) is 6.04 Å². The molecule has 0 aliphatic carbocycles. The van der Waals surface area contributed by atoms with Crippen LogP contribution in [0.15, 0.2) is 36.9 Å². The number of nitrogens with two attached hydrogens (primary N) is 1. The van der Waals surface area contributed by atoms with Crippen molar-refractivity contribution in [1.29, 1.82) is 0 Å². The Bertz CT molecular complexity index is 504. The van der Waals surface area contributed by atoms with E-state index in [1.165, 1.54) is 6.33 Å². The van der Waals surface area contributed by atoms with Crippen molar-refractivity contribution < 1.29 is 0 Å². The Kier molecular flexibility index (Phi) is 3.91. The number of halogens is 2. The van der Waals surface area contributed by atoms with Crippen LogP contribution >= 0.6 is 23.2 Å². The lowest BCUT2D eigenvalue weighted by Gasteiger charge is -2.17. The SMILES string of the molecule is NNC(c1cncnc1)c1cccc(Cl)c1Cl. The maximum Gasteiger partial charge on any atom is 0.115 e. The minimum absolute atomic E-state index is 0.289. The molecule has 1 aromatic carbocycles.